The van der Waals surface area contributed by atoms with Crippen LogP contribution in [0, 0.1) is 0 Å². The van der Waals surface area contributed by atoms with Gasteiger partial charge >= 0.3 is 0 Å². The van der Waals surface area contributed by atoms with Crippen LogP contribution >= 0.6 is 0 Å². The first-order chi connectivity index (χ1) is 13.0. The van der Waals surface area contributed by atoms with Crippen molar-refractivity contribution < 1.29 is 19.2 Å². The summed E-state index contributed by atoms with van der Waals surface area (Å²) in [7, 11) is 0. The molecule has 27 heavy (non-hydrogen) atoms. The summed E-state index contributed by atoms with van der Waals surface area (Å²) in [6.07, 6.45) is 0.266. The number of fused-ring (bicyclic) bond motifs is 1. The molecule has 2 aliphatic heterocycles. The fourth-order valence-corrected chi connectivity index (χ4v) is 3.81. The Bertz CT molecular complexity index is 919. The molecule has 0 bridgehead atoms. The lowest BCUT2D eigenvalue weighted by atomic mass is 9.98. The molecule has 0 aromatic heterocycles. The quantitative estimate of drug-likeness (QED) is 0.787. The summed E-state index contributed by atoms with van der Waals surface area (Å²) in [4.78, 5) is 53.3. The van der Waals surface area contributed by atoms with Crippen LogP contribution < -0.4 is 0 Å². The number of nitrogens with zero attached hydrogens (tertiary/aromatic N) is 2. The molecule has 2 heterocycles. The van der Waals surface area contributed by atoms with Crippen molar-refractivity contribution in [3.05, 3.63) is 71.3 Å². The van der Waals surface area contributed by atoms with Crippen LogP contribution in [0.15, 0.2) is 54.6 Å². The number of benzene rings is 2. The molecule has 4 rings (SSSR count). The fraction of sp³-hybridized carbons (Fsp3) is 0.238. The lowest BCUT2D eigenvalue weighted by molar-refractivity contribution is -0.154. The van der Waals surface area contributed by atoms with E-state index >= 15 is 0 Å². The Morgan fingerprint density at radius 1 is 0.852 bits per heavy atom. The number of likely N-dealkylation sites (tertiary alicyclic amines) is 1. The Hall–Kier alpha value is -3.28. The van der Waals surface area contributed by atoms with Gasteiger partial charge in [0.15, 0.2) is 0 Å². The van der Waals surface area contributed by atoms with Gasteiger partial charge in [-0.05, 0) is 31.0 Å². The van der Waals surface area contributed by atoms with E-state index in [1.54, 1.807) is 31.2 Å². The van der Waals surface area contributed by atoms with Crippen LogP contribution in [-0.2, 0) is 9.59 Å². The SMILES string of the molecule is CC(c1ccccc1)N1C(=O)CCC(N2C(=O)c3ccccc3C2=O)C1=O. The minimum atomic E-state index is -0.957. The van der Waals surface area contributed by atoms with E-state index in [1.165, 1.54) is 4.90 Å². The lowest BCUT2D eigenvalue weighted by Crippen LogP contribution is -2.56. The minimum absolute atomic E-state index is 0.112. The van der Waals surface area contributed by atoms with Gasteiger partial charge in [-0.25, -0.2) is 0 Å². The molecule has 6 nitrogen and oxygen atoms in total. The van der Waals surface area contributed by atoms with Crippen molar-refractivity contribution >= 4 is 23.6 Å². The molecule has 0 saturated carbocycles. The highest BCUT2D eigenvalue weighted by Crippen LogP contribution is 2.32. The molecule has 0 radical (unpaired) electrons. The first-order valence-electron chi connectivity index (χ1n) is 8.88. The van der Waals surface area contributed by atoms with Crippen LogP contribution in [-0.4, -0.2) is 39.5 Å². The zero-order valence-electron chi connectivity index (χ0n) is 14.8. The number of rotatable bonds is 3. The third-order valence-corrected chi connectivity index (χ3v) is 5.23. The monoisotopic (exact) mass is 362 g/mol. The number of carbonyl (C=O) groups is 4. The second kappa shape index (κ2) is 6.46. The summed E-state index contributed by atoms with van der Waals surface area (Å²) in [6, 6.07) is 14.3. The molecule has 4 amide bonds. The summed E-state index contributed by atoms with van der Waals surface area (Å²) < 4.78 is 0. The number of amides is 4. The van der Waals surface area contributed by atoms with E-state index in [2.05, 4.69) is 0 Å². The molecule has 2 aromatic rings. The number of piperidine rings is 1. The fourth-order valence-electron chi connectivity index (χ4n) is 3.81. The number of hydrogen-bond donors (Lipinski definition) is 0. The van der Waals surface area contributed by atoms with Crippen molar-refractivity contribution in [2.45, 2.75) is 31.8 Å². The van der Waals surface area contributed by atoms with Crippen molar-refractivity contribution in [2.75, 3.05) is 0 Å². The summed E-state index contributed by atoms with van der Waals surface area (Å²) >= 11 is 0. The maximum absolute atomic E-state index is 13.1. The summed E-state index contributed by atoms with van der Waals surface area (Å²) in [6.45, 7) is 1.77. The first-order valence-corrected chi connectivity index (χ1v) is 8.88. The van der Waals surface area contributed by atoms with Crippen molar-refractivity contribution in [3.8, 4) is 0 Å². The minimum Gasteiger partial charge on any atom is -0.274 e. The smallest absolute Gasteiger partial charge is 0.262 e. The molecular formula is C21H18N2O4. The first kappa shape index (κ1) is 17.1. The average Bonchev–Trinajstić information content (AvgIpc) is 2.94. The van der Waals surface area contributed by atoms with E-state index in [0.29, 0.717) is 11.1 Å². The molecule has 2 aromatic carbocycles. The number of imide groups is 2. The van der Waals surface area contributed by atoms with Gasteiger partial charge in [0.2, 0.25) is 5.91 Å². The van der Waals surface area contributed by atoms with Crippen LogP contribution in [0.5, 0.6) is 0 Å². The molecule has 0 spiro atoms. The van der Waals surface area contributed by atoms with Gasteiger partial charge in [0, 0.05) is 6.42 Å². The highest BCUT2D eigenvalue weighted by molar-refractivity contribution is 6.23. The average molecular weight is 362 g/mol. The van der Waals surface area contributed by atoms with E-state index in [9.17, 15) is 19.2 Å². The molecule has 0 aliphatic carbocycles. The maximum atomic E-state index is 13.1. The Labute approximate surface area is 156 Å². The normalized spacial score (nSPS) is 20.9. The van der Waals surface area contributed by atoms with Gasteiger partial charge in [-0.15, -0.1) is 0 Å². The van der Waals surface area contributed by atoms with Crippen LogP contribution in [0.4, 0.5) is 0 Å². The molecule has 0 N–H and O–H groups in total. The van der Waals surface area contributed by atoms with Gasteiger partial charge < -0.3 is 0 Å². The van der Waals surface area contributed by atoms with Crippen molar-refractivity contribution in [2.24, 2.45) is 0 Å². The molecule has 2 atom stereocenters. The van der Waals surface area contributed by atoms with Gasteiger partial charge in [0.1, 0.15) is 6.04 Å². The standard InChI is InChI=1S/C21H18N2O4/c1-13(14-7-3-2-4-8-14)22-18(24)12-11-17(21(22)27)23-19(25)15-9-5-6-10-16(15)20(23)26/h2-10,13,17H,11-12H2,1H3. The third kappa shape index (κ3) is 2.65. The molecule has 136 valence electrons. The predicted molar refractivity (Wildman–Crippen MR) is 96.7 cm³/mol. The largest absolute Gasteiger partial charge is 0.274 e. The summed E-state index contributed by atoms with van der Waals surface area (Å²) in [5, 5.41) is 0. The van der Waals surface area contributed by atoms with E-state index < -0.39 is 29.8 Å². The van der Waals surface area contributed by atoms with E-state index in [1.807, 2.05) is 30.3 Å². The number of carbonyl (C=O) groups excluding carboxylic acids is 4. The van der Waals surface area contributed by atoms with Crippen LogP contribution in [0.25, 0.3) is 0 Å². The van der Waals surface area contributed by atoms with Gasteiger partial charge in [0.25, 0.3) is 17.7 Å². The van der Waals surface area contributed by atoms with E-state index in [4.69, 9.17) is 0 Å². The number of hydrogen-bond acceptors (Lipinski definition) is 4. The van der Waals surface area contributed by atoms with Crippen molar-refractivity contribution in [3.63, 3.8) is 0 Å². The molecule has 2 aliphatic rings. The lowest BCUT2D eigenvalue weighted by Gasteiger charge is -2.37. The Kier molecular flexibility index (Phi) is 4.11. The van der Waals surface area contributed by atoms with Gasteiger partial charge in [-0.2, -0.15) is 0 Å². The predicted octanol–water partition coefficient (Wildman–Crippen LogP) is 2.56. The summed E-state index contributed by atoms with van der Waals surface area (Å²) in [5.74, 6) is -1.74. The highest BCUT2D eigenvalue weighted by atomic mass is 16.2. The molecule has 6 heteroatoms. The van der Waals surface area contributed by atoms with Crippen LogP contribution in [0.2, 0.25) is 0 Å². The van der Waals surface area contributed by atoms with Gasteiger partial charge in [0.05, 0.1) is 17.2 Å². The molecular weight excluding hydrogens is 344 g/mol. The maximum Gasteiger partial charge on any atom is 0.262 e. The van der Waals surface area contributed by atoms with Crippen molar-refractivity contribution in [1.29, 1.82) is 0 Å². The molecule has 1 fully saturated rings. The second-order valence-electron chi connectivity index (χ2n) is 6.77. The molecule has 2 unspecified atom stereocenters. The second-order valence-corrected chi connectivity index (χ2v) is 6.77. The Morgan fingerprint density at radius 3 is 2.00 bits per heavy atom. The van der Waals surface area contributed by atoms with Gasteiger partial charge in [-0.1, -0.05) is 42.5 Å². The zero-order chi connectivity index (χ0) is 19.1. The van der Waals surface area contributed by atoms with E-state index in [0.717, 1.165) is 10.5 Å². The van der Waals surface area contributed by atoms with Crippen LogP contribution in [0.1, 0.15) is 52.1 Å². The third-order valence-electron chi connectivity index (χ3n) is 5.23. The van der Waals surface area contributed by atoms with Crippen molar-refractivity contribution in [1.82, 2.24) is 9.80 Å². The Morgan fingerprint density at radius 2 is 1.41 bits per heavy atom. The van der Waals surface area contributed by atoms with Gasteiger partial charge in [-0.3, -0.25) is 29.0 Å². The highest BCUT2D eigenvalue weighted by Gasteiger charge is 2.47. The van der Waals surface area contributed by atoms with E-state index in [-0.39, 0.29) is 18.7 Å². The Balaban J connectivity index is 1.66. The zero-order valence-corrected chi connectivity index (χ0v) is 14.8. The van der Waals surface area contributed by atoms with Crippen LogP contribution in [0.3, 0.4) is 0 Å². The topological polar surface area (TPSA) is 74.8 Å². The summed E-state index contributed by atoms with van der Waals surface area (Å²) in [5.41, 5.74) is 1.42. The molecule has 1 saturated heterocycles.